The zero-order chi connectivity index (χ0) is 30.1. The number of nitrogens with one attached hydrogen (secondary N) is 2. The van der Waals surface area contributed by atoms with Crippen molar-refractivity contribution in [2.75, 3.05) is 13.4 Å². The first-order valence-corrected chi connectivity index (χ1v) is 14.0. The smallest absolute Gasteiger partial charge is 0.262 e. The second-order valence-corrected chi connectivity index (χ2v) is 10.2. The number of carbonyl (C=O) groups excluding carboxylic acids is 2. The van der Waals surface area contributed by atoms with Crippen molar-refractivity contribution in [3.05, 3.63) is 94.5 Å². The van der Waals surface area contributed by atoms with Crippen molar-refractivity contribution in [3.63, 3.8) is 0 Å². The third kappa shape index (κ3) is 7.61. The highest BCUT2D eigenvalue weighted by Gasteiger charge is 2.25. The van der Waals surface area contributed by atoms with Gasteiger partial charge in [0.2, 0.25) is 6.79 Å². The summed E-state index contributed by atoms with van der Waals surface area (Å²) < 4.78 is 22.7. The number of nitrogens with zero attached hydrogens (tertiary/aromatic N) is 1. The Morgan fingerprint density at radius 3 is 2.60 bits per heavy atom. The van der Waals surface area contributed by atoms with Crippen molar-refractivity contribution >= 4 is 29.6 Å². The van der Waals surface area contributed by atoms with Gasteiger partial charge in [0.1, 0.15) is 12.6 Å². The third-order valence-electron chi connectivity index (χ3n) is 6.41. The van der Waals surface area contributed by atoms with Crippen LogP contribution >= 0.6 is 11.6 Å². The number of amides is 2. The molecule has 2 N–H and O–H groups in total. The van der Waals surface area contributed by atoms with Gasteiger partial charge < -0.3 is 24.3 Å². The lowest BCUT2D eigenvalue weighted by molar-refractivity contribution is -0.123. The first-order chi connectivity index (χ1) is 20.3. The number of ether oxygens (including phenoxy) is 4. The predicted octanol–water partition coefficient (Wildman–Crippen LogP) is 5.68. The first kappa shape index (κ1) is 30.5. The normalized spacial score (nSPS) is 12.7. The van der Waals surface area contributed by atoms with Crippen LogP contribution in [0, 0.1) is 5.92 Å². The average Bonchev–Trinajstić information content (AvgIpc) is 3.44. The highest BCUT2D eigenvalue weighted by Crippen LogP contribution is 2.35. The van der Waals surface area contributed by atoms with E-state index < -0.39 is 17.9 Å². The number of fused-ring (bicyclic) bond motifs is 1. The van der Waals surface area contributed by atoms with E-state index in [1.165, 1.54) is 6.21 Å². The molecular weight excluding hydrogens is 558 g/mol. The molecule has 42 heavy (non-hydrogen) atoms. The minimum absolute atomic E-state index is 0.106. The Morgan fingerprint density at radius 1 is 1.07 bits per heavy atom. The minimum Gasteiger partial charge on any atom is -0.490 e. The van der Waals surface area contributed by atoms with Crippen LogP contribution in [0.2, 0.25) is 5.02 Å². The highest BCUT2D eigenvalue weighted by molar-refractivity contribution is 6.31. The number of benzene rings is 3. The Bertz CT molecular complexity index is 1470. The van der Waals surface area contributed by atoms with Crippen molar-refractivity contribution in [3.8, 4) is 23.0 Å². The van der Waals surface area contributed by atoms with E-state index in [1.54, 1.807) is 30.3 Å². The lowest BCUT2D eigenvalue weighted by atomic mass is 10.0. The fourth-order valence-electron chi connectivity index (χ4n) is 4.29. The Morgan fingerprint density at radius 2 is 1.86 bits per heavy atom. The Balaban J connectivity index is 1.47. The van der Waals surface area contributed by atoms with Gasteiger partial charge >= 0.3 is 0 Å². The maximum atomic E-state index is 13.0. The number of hydrogen-bond acceptors (Lipinski definition) is 7. The van der Waals surface area contributed by atoms with Gasteiger partial charge in [-0.1, -0.05) is 49.7 Å². The zero-order valence-corrected chi connectivity index (χ0v) is 24.6. The van der Waals surface area contributed by atoms with E-state index in [0.717, 1.165) is 11.1 Å². The number of carbonyl (C=O) groups is 2. The first-order valence-electron chi connectivity index (χ1n) is 13.6. The van der Waals surface area contributed by atoms with Crippen molar-refractivity contribution < 1.29 is 28.5 Å². The van der Waals surface area contributed by atoms with Crippen LogP contribution in [0.5, 0.6) is 23.0 Å². The highest BCUT2D eigenvalue weighted by atomic mass is 35.5. The third-order valence-corrected chi connectivity index (χ3v) is 6.78. The second kappa shape index (κ2) is 14.4. The zero-order valence-electron chi connectivity index (χ0n) is 23.8. The fraction of sp³-hybridized carbons (Fsp3) is 0.281. The molecule has 0 spiro atoms. The van der Waals surface area contributed by atoms with Gasteiger partial charge in [-0.3, -0.25) is 9.59 Å². The summed E-state index contributed by atoms with van der Waals surface area (Å²) in [6.45, 7) is 10.2. The van der Waals surface area contributed by atoms with E-state index in [1.807, 2.05) is 51.1 Å². The molecule has 4 rings (SSSR count). The molecule has 0 aromatic heterocycles. The van der Waals surface area contributed by atoms with Crippen molar-refractivity contribution in [2.24, 2.45) is 11.0 Å². The van der Waals surface area contributed by atoms with Crippen LogP contribution in [0.3, 0.4) is 0 Å². The summed E-state index contributed by atoms with van der Waals surface area (Å²) in [4.78, 5) is 25.9. The van der Waals surface area contributed by atoms with E-state index in [9.17, 15) is 9.59 Å². The summed E-state index contributed by atoms with van der Waals surface area (Å²) in [5, 5.41) is 7.56. The van der Waals surface area contributed by atoms with Crippen LogP contribution in [0.4, 0.5) is 0 Å². The molecule has 0 saturated carbocycles. The molecule has 0 saturated heterocycles. The quantitative estimate of drug-likeness (QED) is 0.150. The van der Waals surface area contributed by atoms with E-state index in [0.29, 0.717) is 52.2 Å². The maximum absolute atomic E-state index is 13.0. The summed E-state index contributed by atoms with van der Waals surface area (Å²) in [5.74, 6) is 1.12. The molecule has 0 aliphatic carbocycles. The molecular formula is C32H34ClN3O6. The number of halogens is 1. The lowest BCUT2D eigenvalue weighted by Gasteiger charge is -2.20. The Hall–Kier alpha value is -4.50. The van der Waals surface area contributed by atoms with Crippen LogP contribution in [0.15, 0.2) is 72.4 Å². The molecule has 1 aliphatic rings. The van der Waals surface area contributed by atoms with Gasteiger partial charge in [0.25, 0.3) is 11.8 Å². The van der Waals surface area contributed by atoms with Crippen molar-refractivity contribution in [1.82, 2.24) is 10.7 Å². The van der Waals surface area contributed by atoms with E-state index in [-0.39, 0.29) is 19.3 Å². The van der Waals surface area contributed by atoms with E-state index >= 15 is 0 Å². The van der Waals surface area contributed by atoms with E-state index in [4.69, 9.17) is 30.5 Å². The topological polar surface area (TPSA) is 107 Å². The van der Waals surface area contributed by atoms with Gasteiger partial charge in [-0.25, -0.2) is 5.43 Å². The fourth-order valence-corrected chi connectivity index (χ4v) is 4.48. The van der Waals surface area contributed by atoms with Gasteiger partial charge in [-0.15, -0.1) is 6.58 Å². The largest absolute Gasteiger partial charge is 0.490 e. The minimum atomic E-state index is -0.823. The average molecular weight is 592 g/mol. The molecule has 9 nitrogen and oxygen atoms in total. The molecule has 3 aromatic rings. The van der Waals surface area contributed by atoms with Crippen LogP contribution in [0.25, 0.3) is 0 Å². The summed E-state index contributed by atoms with van der Waals surface area (Å²) in [6.07, 6.45) is 3.81. The summed E-state index contributed by atoms with van der Waals surface area (Å²) in [7, 11) is 0. The summed E-state index contributed by atoms with van der Waals surface area (Å²) in [5.41, 5.74) is 5.28. The van der Waals surface area contributed by atoms with Gasteiger partial charge in [-0.05, 0) is 61.2 Å². The molecule has 10 heteroatoms. The Kier molecular flexibility index (Phi) is 10.4. The lowest BCUT2D eigenvalue weighted by Crippen LogP contribution is -2.48. The van der Waals surface area contributed by atoms with E-state index in [2.05, 4.69) is 22.4 Å². The molecule has 1 unspecified atom stereocenters. The molecule has 2 amide bonds. The number of hydrazone groups is 1. The van der Waals surface area contributed by atoms with Crippen molar-refractivity contribution in [2.45, 2.75) is 39.8 Å². The molecule has 220 valence electrons. The number of allylic oxidation sites excluding steroid dienone is 1. The summed E-state index contributed by atoms with van der Waals surface area (Å²) in [6, 6.07) is 15.2. The molecule has 0 radical (unpaired) electrons. The van der Waals surface area contributed by atoms with Gasteiger partial charge in [0.15, 0.2) is 23.0 Å². The molecule has 1 aliphatic heterocycles. The number of hydrogen-bond donors (Lipinski definition) is 2. The standard InChI is InChI=1S/C32H34ClN3O6/c1-5-9-22-14-21(15-28(39-6-2)30(22)40-18-24-10-7-8-11-25(24)33)17-34-36-32(38)29(20(3)4)35-31(37)23-12-13-26-27(16-23)42-19-41-26/h5,7-8,10-17,20,29H,1,6,9,18-19H2,2-4H3,(H,35,37)(H,36,38)/b34-17+. The monoisotopic (exact) mass is 591 g/mol. The van der Waals surface area contributed by atoms with Gasteiger partial charge in [0.05, 0.1) is 12.8 Å². The van der Waals surface area contributed by atoms with Crippen LogP contribution in [0.1, 0.15) is 47.8 Å². The predicted molar refractivity (Wildman–Crippen MR) is 162 cm³/mol. The summed E-state index contributed by atoms with van der Waals surface area (Å²) >= 11 is 6.31. The molecule has 0 bridgehead atoms. The van der Waals surface area contributed by atoms with Crippen LogP contribution < -0.4 is 29.7 Å². The SMILES string of the molecule is C=CCc1cc(/C=N/NC(=O)C(NC(=O)c2ccc3c(c2)OCO3)C(C)C)cc(OCC)c1OCc1ccccc1Cl. The van der Waals surface area contributed by atoms with Crippen LogP contribution in [-0.4, -0.2) is 37.5 Å². The number of rotatable bonds is 13. The maximum Gasteiger partial charge on any atom is 0.262 e. The second-order valence-electron chi connectivity index (χ2n) is 9.81. The van der Waals surface area contributed by atoms with Crippen molar-refractivity contribution in [1.29, 1.82) is 0 Å². The molecule has 0 fully saturated rings. The van der Waals surface area contributed by atoms with Crippen LogP contribution in [-0.2, 0) is 17.8 Å². The molecule has 3 aromatic carbocycles. The molecule has 1 atom stereocenters. The Labute approximate surface area is 250 Å². The molecule has 1 heterocycles. The van der Waals surface area contributed by atoms with Gasteiger partial charge in [0, 0.05) is 21.7 Å². The van der Waals surface area contributed by atoms with Gasteiger partial charge in [-0.2, -0.15) is 5.10 Å².